The Kier molecular flexibility index (Phi) is 4.30. The van der Waals surface area contributed by atoms with Gasteiger partial charge < -0.3 is 4.90 Å². The van der Waals surface area contributed by atoms with E-state index in [0.29, 0.717) is 0 Å². The maximum Gasteiger partial charge on any atom is 0.0741 e. The summed E-state index contributed by atoms with van der Waals surface area (Å²) >= 11 is 4.54. The Bertz CT molecular complexity index is 322. The Morgan fingerprint density at radius 1 is 1.21 bits per heavy atom. The minimum Gasteiger partial charge on any atom is -0.372 e. The molecular weight excluding hydrogens is 192 g/mol. The van der Waals surface area contributed by atoms with Crippen LogP contribution in [0.4, 0.5) is 11.4 Å². The maximum atomic E-state index is 4.54. The first-order valence-corrected chi connectivity index (χ1v) is 5.15. The Hall–Kier alpha value is -1.18. The first kappa shape index (κ1) is 10.9. The van der Waals surface area contributed by atoms with E-state index in [2.05, 4.69) is 53.3 Å². The van der Waals surface area contributed by atoms with Crippen molar-refractivity contribution in [2.75, 3.05) is 18.0 Å². The van der Waals surface area contributed by atoms with Gasteiger partial charge in [-0.2, -0.15) is 4.99 Å². The molecule has 1 aromatic carbocycles. The molecule has 0 spiro atoms. The van der Waals surface area contributed by atoms with Gasteiger partial charge in [0.25, 0.3) is 0 Å². The summed E-state index contributed by atoms with van der Waals surface area (Å²) in [6, 6.07) is 8.01. The SMILES string of the molecule is CCN(CC)c1ccc(N=C=S)cc1. The molecule has 74 valence electrons. The molecule has 0 aliphatic rings. The van der Waals surface area contributed by atoms with Crippen LogP contribution in [0, 0.1) is 0 Å². The molecule has 0 unspecified atom stereocenters. The number of hydrogen-bond donors (Lipinski definition) is 0. The Morgan fingerprint density at radius 2 is 1.79 bits per heavy atom. The van der Waals surface area contributed by atoms with E-state index in [0.717, 1.165) is 18.8 Å². The summed E-state index contributed by atoms with van der Waals surface area (Å²) in [6.45, 7) is 6.33. The van der Waals surface area contributed by atoms with Crippen LogP contribution in [0.3, 0.4) is 0 Å². The van der Waals surface area contributed by atoms with Gasteiger partial charge in [-0.3, -0.25) is 0 Å². The first-order chi connectivity index (χ1) is 6.81. The molecule has 0 saturated carbocycles. The van der Waals surface area contributed by atoms with Gasteiger partial charge in [-0.15, -0.1) is 0 Å². The summed E-state index contributed by atoms with van der Waals surface area (Å²) < 4.78 is 0. The summed E-state index contributed by atoms with van der Waals surface area (Å²) in [6.07, 6.45) is 0. The van der Waals surface area contributed by atoms with Crippen molar-refractivity contribution in [2.24, 2.45) is 4.99 Å². The highest BCUT2D eigenvalue weighted by Crippen LogP contribution is 2.18. The van der Waals surface area contributed by atoms with Gasteiger partial charge in [0.2, 0.25) is 0 Å². The highest BCUT2D eigenvalue weighted by Gasteiger charge is 1.99. The van der Waals surface area contributed by atoms with E-state index >= 15 is 0 Å². The first-order valence-electron chi connectivity index (χ1n) is 4.74. The van der Waals surface area contributed by atoms with Gasteiger partial charge in [0.05, 0.1) is 10.8 Å². The largest absolute Gasteiger partial charge is 0.372 e. The maximum absolute atomic E-state index is 4.54. The smallest absolute Gasteiger partial charge is 0.0741 e. The lowest BCUT2D eigenvalue weighted by Gasteiger charge is -2.20. The van der Waals surface area contributed by atoms with Crippen molar-refractivity contribution in [3.8, 4) is 0 Å². The number of anilines is 1. The molecule has 0 N–H and O–H groups in total. The lowest BCUT2D eigenvalue weighted by molar-refractivity contribution is 0.866. The molecule has 14 heavy (non-hydrogen) atoms. The van der Waals surface area contributed by atoms with Gasteiger partial charge in [-0.1, -0.05) is 0 Å². The lowest BCUT2D eigenvalue weighted by atomic mass is 10.2. The standard InChI is InChI=1S/C11H14N2S/c1-3-13(4-2)11-7-5-10(6-8-11)12-9-14/h5-8H,3-4H2,1-2H3. The second-order valence-electron chi connectivity index (χ2n) is 2.89. The van der Waals surface area contributed by atoms with Crippen molar-refractivity contribution in [1.82, 2.24) is 0 Å². The van der Waals surface area contributed by atoms with Crippen molar-refractivity contribution in [1.29, 1.82) is 0 Å². The predicted octanol–water partition coefficient (Wildman–Crippen LogP) is 3.27. The highest BCUT2D eigenvalue weighted by molar-refractivity contribution is 7.78. The number of hydrogen-bond acceptors (Lipinski definition) is 3. The Balaban J connectivity index is 2.86. The summed E-state index contributed by atoms with van der Waals surface area (Å²) in [5.74, 6) is 0. The second-order valence-corrected chi connectivity index (χ2v) is 3.07. The van der Waals surface area contributed by atoms with Crippen LogP contribution < -0.4 is 4.90 Å². The topological polar surface area (TPSA) is 15.6 Å². The zero-order valence-electron chi connectivity index (χ0n) is 8.53. The van der Waals surface area contributed by atoms with Gasteiger partial charge in [0, 0.05) is 18.8 Å². The molecule has 0 aliphatic heterocycles. The van der Waals surface area contributed by atoms with Crippen molar-refractivity contribution < 1.29 is 0 Å². The molecule has 3 heteroatoms. The Morgan fingerprint density at radius 3 is 2.21 bits per heavy atom. The van der Waals surface area contributed by atoms with E-state index < -0.39 is 0 Å². The van der Waals surface area contributed by atoms with Gasteiger partial charge >= 0.3 is 0 Å². The normalized spacial score (nSPS) is 9.29. The van der Waals surface area contributed by atoms with Crippen LogP contribution in [0.2, 0.25) is 0 Å². The summed E-state index contributed by atoms with van der Waals surface area (Å²) in [5.41, 5.74) is 2.08. The number of thiocarbonyl (C=S) groups is 1. The van der Waals surface area contributed by atoms with Crippen LogP contribution in [-0.4, -0.2) is 18.3 Å². The minimum absolute atomic E-state index is 0.857. The number of nitrogens with zero attached hydrogens (tertiary/aromatic N) is 2. The van der Waals surface area contributed by atoms with Crippen LogP contribution in [0.1, 0.15) is 13.8 Å². The molecule has 0 radical (unpaired) electrons. The fourth-order valence-electron chi connectivity index (χ4n) is 1.38. The monoisotopic (exact) mass is 206 g/mol. The van der Waals surface area contributed by atoms with E-state index in [1.165, 1.54) is 5.69 Å². The molecule has 0 saturated heterocycles. The van der Waals surface area contributed by atoms with E-state index in [4.69, 9.17) is 0 Å². The number of aliphatic imine (C=N–C) groups is 1. The average Bonchev–Trinajstić information content (AvgIpc) is 2.23. The molecule has 0 aliphatic carbocycles. The van der Waals surface area contributed by atoms with Gasteiger partial charge in [-0.05, 0) is 50.3 Å². The van der Waals surface area contributed by atoms with Crippen LogP contribution in [0.15, 0.2) is 29.3 Å². The lowest BCUT2D eigenvalue weighted by Crippen LogP contribution is -2.21. The number of rotatable bonds is 4. The third-order valence-corrected chi connectivity index (χ3v) is 2.24. The molecular formula is C11H14N2S. The predicted molar refractivity (Wildman–Crippen MR) is 64.7 cm³/mol. The molecule has 1 rings (SSSR count). The quantitative estimate of drug-likeness (QED) is 0.555. The number of benzene rings is 1. The molecule has 0 aromatic heterocycles. The average molecular weight is 206 g/mol. The van der Waals surface area contributed by atoms with E-state index in [1.807, 2.05) is 12.1 Å². The number of isothiocyanates is 1. The van der Waals surface area contributed by atoms with Crippen LogP contribution >= 0.6 is 12.2 Å². The van der Waals surface area contributed by atoms with Gasteiger partial charge in [-0.25, -0.2) is 0 Å². The third kappa shape index (κ3) is 2.66. The fourth-order valence-corrected chi connectivity index (χ4v) is 1.48. The molecule has 0 amide bonds. The Labute approximate surface area is 90.3 Å². The molecule has 1 aromatic rings. The second kappa shape index (κ2) is 5.53. The fraction of sp³-hybridized carbons (Fsp3) is 0.364. The zero-order chi connectivity index (χ0) is 10.4. The highest BCUT2D eigenvalue weighted by atomic mass is 32.1. The van der Waals surface area contributed by atoms with Gasteiger partial charge in [0.1, 0.15) is 0 Å². The summed E-state index contributed by atoms with van der Waals surface area (Å²) in [7, 11) is 0. The van der Waals surface area contributed by atoms with E-state index in [-0.39, 0.29) is 0 Å². The van der Waals surface area contributed by atoms with Crippen molar-refractivity contribution >= 4 is 28.8 Å². The molecule has 0 bridgehead atoms. The van der Waals surface area contributed by atoms with Gasteiger partial charge in [0.15, 0.2) is 0 Å². The molecule has 0 atom stereocenters. The van der Waals surface area contributed by atoms with Crippen LogP contribution in [0.5, 0.6) is 0 Å². The molecule has 0 fully saturated rings. The third-order valence-electron chi connectivity index (χ3n) is 2.15. The summed E-state index contributed by atoms with van der Waals surface area (Å²) in [5, 5.41) is 2.36. The van der Waals surface area contributed by atoms with Crippen molar-refractivity contribution in [2.45, 2.75) is 13.8 Å². The van der Waals surface area contributed by atoms with E-state index in [9.17, 15) is 0 Å². The van der Waals surface area contributed by atoms with Crippen LogP contribution in [0.25, 0.3) is 0 Å². The van der Waals surface area contributed by atoms with Crippen molar-refractivity contribution in [3.05, 3.63) is 24.3 Å². The molecule has 2 nitrogen and oxygen atoms in total. The minimum atomic E-state index is 0.857. The zero-order valence-corrected chi connectivity index (χ0v) is 9.34. The summed E-state index contributed by atoms with van der Waals surface area (Å²) in [4.78, 5) is 6.19. The molecule has 0 heterocycles. The van der Waals surface area contributed by atoms with Crippen molar-refractivity contribution in [3.63, 3.8) is 0 Å². The van der Waals surface area contributed by atoms with E-state index in [1.54, 1.807) is 0 Å². The van der Waals surface area contributed by atoms with Crippen LogP contribution in [-0.2, 0) is 0 Å².